The van der Waals surface area contributed by atoms with Gasteiger partial charge in [0.25, 0.3) is 0 Å². The summed E-state index contributed by atoms with van der Waals surface area (Å²) in [5.74, 6) is -1.26. The molecule has 6 heteroatoms. The first-order valence-electron chi connectivity index (χ1n) is 5.26. The number of aromatic hydroxyl groups is 1. The molecule has 1 aromatic rings. The normalized spacial score (nSPS) is 32.9. The van der Waals surface area contributed by atoms with Gasteiger partial charge in [-0.25, -0.2) is 4.39 Å². The Morgan fingerprint density at radius 3 is 2.47 bits per heavy atom. The minimum atomic E-state index is -1.13. The third kappa shape index (κ3) is 2.12. The summed E-state index contributed by atoms with van der Waals surface area (Å²) in [7, 11) is 0. The van der Waals surface area contributed by atoms with Gasteiger partial charge in [-0.1, -0.05) is 6.07 Å². The van der Waals surface area contributed by atoms with E-state index in [1.54, 1.807) is 0 Å². The van der Waals surface area contributed by atoms with E-state index in [1.165, 1.54) is 12.1 Å². The molecule has 0 aliphatic carbocycles. The van der Waals surface area contributed by atoms with Gasteiger partial charge in [-0.3, -0.25) is 0 Å². The molecule has 5 nitrogen and oxygen atoms in total. The molecule has 1 aromatic carbocycles. The molecule has 1 fully saturated rings. The van der Waals surface area contributed by atoms with E-state index in [2.05, 4.69) is 5.32 Å². The zero-order valence-electron chi connectivity index (χ0n) is 8.92. The highest BCUT2D eigenvalue weighted by Gasteiger charge is 2.41. The van der Waals surface area contributed by atoms with Gasteiger partial charge in [-0.2, -0.15) is 0 Å². The minimum absolute atomic E-state index is 0.324. The lowest BCUT2D eigenvalue weighted by Crippen LogP contribution is -2.35. The summed E-state index contributed by atoms with van der Waals surface area (Å²) in [6.07, 6.45) is -2.24. The van der Waals surface area contributed by atoms with E-state index >= 15 is 0 Å². The second kappa shape index (κ2) is 4.58. The van der Waals surface area contributed by atoms with E-state index in [1.807, 2.05) is 0 Å². The monoisotopic (exact) mass is 243 g/mol. The number of benzene rings is 1. The fourth-order valence-electron chi connectivity index (χ4n) is 2.03. The van der Waals surface area contributed by atoms with Crippen molar-refractivity contribution < 1.29 is 24.8 Å². The Balaban J connectivity index is 2.25. The summed E-state index contributed by atoms with van der Waals surface area (Å²) >= 11 is 0. The number of hydrogen-bond donors (Lipinski definition) is 5. The molecule has 5 N–H and O–H groups in total. The molecule has 2 rings (SSSR count). The number of aliphatic hydroxyl groups is 3. The number of halogens is 1. The van der Waals surface area contributed by atoms with Gasteiger partial charge in [0.05, 0.1) is 24.8 Å². The van der Waals surface area contributed by atoms with Gasteiger partial charge in [0.2, 0.25) is 0 Å². The van der Waals surface area contributed by atoms with Crippen molar-refractivity contribution in [2.24, 2.45) is 0 Å². The largest absolute Gasteiger partial charge is 0.505 e. The minimum Gasteiger partial charge on any atom is -0.505 e. The van der Waals surface area contributed by atoms with Crippen LogP contribution in [0.1, 0.15) is 11.6 Å². The fraction of sp³-hybridized carbons (Fsp3) is 0.455. The topological polar surface area (TPSA) is 93.0 Å². The predicted octanol–water partition coefficient (Wildman–Crippen LogP) is -0.742. The summed E-state index contributed by atoms with van der Waals surface area (Å²) in [5, 5.41) is 40.2. The lowest BCUT2D eigenvalue weighted by molar-refractivity contribution is 0.0194. The van der Waals surface area contributed by atoms with Gasteiger partial charge in [0.1, 0.15) is 6.10 Å². The molecule has 0 amide bonds. The molecule has 4 atom stereocenters. The van der Waals surface area contributed by atoms with Crippen molar-refractivity contribution in [2.75, 3.05) is 6.61 Å². The molecule has 1 aliphatic heterocycles. The number of aliphatic hydroxyl groups excluding tert-OH is 3. The lowest BCUT2D eigenvalue weighted by Gasteiger charge is -2.16. The van der Waals surface area contributed by atoms with Crippen LogP contribution < -0.4 is 5.32 Å². The van der Waals surface area contributed by atoms with Crippen molar-refractivity contribution in [2.45, 2.75) is 24.3 Å². The van der Waals surface area contributed by atoms with Gasteiger partial charge in [0, 0.05) is 0 Å². The molecule has 1 aliphatic rings. The van der Waals surface area contributed by atoms with Crippen LogP contribution in [0.25, 0.3) is 0 Å². The summed E-state index contributed by atoms with van der Waals surface area (Å²) in [6.45, 7) is -0.324. The van der Waals surface area contributed by atoms with Crippen LogP contribution in [0.4, 0.5) is 4.39 Å². The Hall–Kier alpha value is -1.21. The fourth-order valence-corrected chi connectivity index (χ4v) is 2.03. The van der Waals surface area contributed by atoms with E-state index in [9.17, 15) is 14.6 Å². The Morgan fingerprint density at radius 1 is 1.24 bits per heavy atom. The highest BCUT2D eigenvalue weighted by molar-refractivity contribution is 5.31. The first-order valence-corrected chi connectivity index (χ1v) is 5.26. The van der Waals surface area contributed by atoms with Crippen molar-refractivity contribution in [1.82, 2.24) is 5.32 Å². The molecule has 0 saturated carbocycles. The van der Waals surface area contributed by atoms with Crippen molar-refractivity contribution in [1.29, 1.82) is 0 Å². The molecular formula is C11H14FNO4. The Morgan fingerprint density at radius 2 is 1.94 bits per heavy atom. The van der Waals surface area contributed by atoms with Crippen LogP contribution in [0.3, 0.4) is 0 Å². The van der Waals surface area contributed by atoms with Gasteiger partial charge in [0.15, 0.2) is 11.6 Å². The Bertz CT molecular complexity index is 414. The first kappa shape index (κ1) is 12.3. The third-order valence-electron chi connectivity index (χ3n) is 3.02. The molecular weight excluding hydrogens is 229 g/mol. The quantitative estimate of drug-likeness (QED) is 0.472. The molecule has 0 aromatic heterocycles. The predicted molar refractivity (Wildman–Crippen MR) is 56.8 cm³/mol. The van der Waals surface area contributed by atoms with E-state index in [4.69, 9.17) is 10.2 Å². The van der Waals surface area contributed by atoms with Gasteiger partial charge in [-0.15, -0.1) is 0 Å². The van der Waals surface area contributed by atoms with Gasteiger partial charge in [-0.05, 0) is 17.7 Å². The third-order valence-corrected chi connectivity index (χ3v) is 3.02. The maximum Gasteiger partial charge on any atom is 0.165 e. The maximum absolute atomic E-state index is 13.2. The highest BCUT2D eigenvalue weighted by Crippen LogP contribution is 2.29. The van der Waals surface area contributed by atoms with Crippen molar-refractivity contribution in [3.05, 3.63) is 29.6 Å². The smallest absolute Gasteiger partial charge is 0.165 e. The molecule has 94 valence electrons. The molecule has 0 bridgehead atoms. The number of phenolic OH excluding ortho intramolecular Hbond substituents is 1. The van der Waals surface area contributed by atoms with Crippen molar-refractivity contribution >= 4 is 0 Å². The average molecular weight is 243 g/mol. The van der Waals surface area contributed by atoms with Gasteiger partial charge >= 0.3 is 0 Å². The number of hydrogen-bond acceptors (Lipinski definition) is 5. The molecule has 0 radical (unpaired) electrons. The molecule has 0 unspecified atom stereocenters. The van der Waals surface area contributed by atoms with Crippen molar-refractivity contribution in [3.8, 4) is 5.75 Å². The lowest BCUT2D eigenvalue weighted by atomic mass is 10.0. The van der Waals surface area contributed by atoms with Crippen LogP contribution in [0.2, 0.25) is 0 Å². The maximum atomic E-state index is 13.2. The average Bonchev–Trinajstić information content (AvgIpc) is 2.60. The highest BCUT2D eigenvalue weighted by atomic mass is 19.1. The van der Waals surface area contributed by atoms with E-state index in [0.717, 1.165) is 6.07 Å². The van der Waals surface area contributed by atoms with Crippen LogP contribution in [-0.2, 0) is 0 Å². The number of rotatable bonds is 2. The second-order valence-electron chi connectivity index (χ2n) is 4.13. The number of phenols is 1. The van der Waals surface area contributed by atoms with Crippen LogP contribution in [0.5, 0.6) is 5.75 Å². The van der Waals surface area contributed by atoms with Crippen LogP contribution in [-0.4, -0.2) is 45.3 Å². The van der Waals surface area contributed by atoms with E-state index < -0.39 is 35.9 Å². The first-order chi connectivity index (χ1) is 8.04. The van der Waals surface area contributed by atoms with Crippen molar-refractivity contribution in [3.63, 3.8) is 0 Å². The summed E-state index contributed by atoms with van der Waals surface area (Å²) in [6, 6.07) is 2.40. The molecule has 1 saturated heterocycles. The van der Waals surface area contributed by atoms with E-state index in [0.29, 0.717) is 5.56 Å². The summed E-state index contributed by atoms with van der Waals surface area (Å²) < 4.78 is 13.2. The molecule has 17 heavy (non-hydrogen) atoms. The Kier molecular flexibility index (Phi) is 3.30. The molecule has 1 heterocycles. The molecule has 0 spiro atoms. The number of nitrogens with one attached hydrogen (secondary N) is 1. The SMILES string of the molecule is OC[C@H]1N[C@H](c2ccc(O)c(F)c2)[C@@H](O)[C@@H]1O. The zero-order valence-corrected chi connectivity index (χ0v) is 8.92. The zero-order chi connectivity index (χ0) is 12.6. The Labute approximate surface area is 97.1 Å². The standard InChI is InChI=1S/C11H14FNO4/c12-6-3-5(1-2-8(6)15)9-11(17)10(16)7(4-14)13-9/h1-3,7,9-11,13-17H,4H2/t7-,9-,10-,11-/m1/s1. The van der Waals surface area contributed by atoms with Crippen LogP contribution in [0, 0.1) is 5.82 Å². The van der Waals surface area contributed by atoms with Gasteiger partial charge < -0.3 is 25.7 Å². The van der Waals surface area contributed by atoms with Crippen LogP contribution >= 0.6 is 0 Å². The second-order valence-corrected chi connectivity index (χ2v) is 4.13. The summed E-state index contributed by atoms with van der Waals surface area (Å²) in [5.41, 5.74) is 0.405. The van der Waals surface area contributed by atoms with E-state index in [-0.39, 0.29) is 6.61 Å². The van der Waals surface area contributed by atoms with Crippen LogP contribution in [0.15, 0.2) is 18.2 Å². The summed E-state index contributed by atoms with van der Waals surface area (Å²) in [4.78, 5) is 0.